The summed E-state index contributed by atoms with van der Waals surface area (Å²) in [5.41, 5.74) is 10.9. The average Bonchev–Trinajstić information content (AvgIpc) is 4.29. The van der Waals surface area contributed by atoms with Crippen molar-refractivity contribution in [3.8, 4) is 11.8 Å². The lowest BCUT2D eigenvalue weighted by atomic mass is 9.86. The van der Waals surface area contributed by atoms with Gasteiger partial charge in [-0.25, -0.2) is 33.2 Å². The van der Waals surface area contributed by atoms with Crippen LogP contribution in [0.3, 0.4) is 0 Å². The van der Waals surface area contributed by atoms with Crippen molar-refractivity contribution in [2.75, 3.05) is 103 Å². The number of nitrogens with zero attached hydrogens (tertiary/aromatic N) is 3. The fourth-order valence-corrected chi connectivity index (χ4v) is 12.8. The minimum absolute atomic E-state index is 0.0370. The molecular weight excluding hydrogens is 1150 g/mol. The Morgan fingerprint density at radius 1 is 0.937 bits per heavy atom. The summed E-state index contributed by atoms with van der Waals surface area (Å²) in [5.74, 6) is 7.23. The number of unbranched alkanes of at least 4 members (excludes halogenated alkanes) is 1. The molecule has 6 rings (SSSR count). The van der Waals surface area contributed by atoms with E-state index < -0.39 is 59.4 Å². The number of fused-ring (bicyclic) bond motifs is 4. The Hall–Kier alpha value is -4.01. The molecule has 2 aliphatic carbocycles. The number of hydrogen-bond acceptors (Lipinski definition) is 22. The quantitative estimate of drug-likeness (QED) is 0.00829. The molecule has 0 bridgehead atoms. The molecule has 1 fully saturated rings. The van der Waals surface area contributed by atoms with E-state index >= 15 is 0 Å². The first-order valence-corrected chi connectivity index (χ1v) is 33.1. The van der Waals surface area contributed by atoms with Crippen LogP contribution in [0.1, 0.15) is 74.8 Å². The maximum absolute atomic E-state index is 12.4. The van der Waals surface area contributed by atoms with Gasteiger partial charge in [0.1, 0.15) is 48.6 Å². The van der Waals surface area contributed by atoms with Crippen molar-refractivity contribution in [1.29, 1.82) is 0 Å². The first-order chi connectivity index (χ1) is 38.1. The van der Waals surface area contributed by atoms with E-state index in [1.54, 1.807) is 32.4 Å². The SMILES string of the molecule is CSSCOC1CC(n2cc(C#CCNC(=O)OCCCCOCSSC(C)(C)CCOC(=O)NCCOCCOCCNC(=O)OCC3c4ccccc4C4=CC=CCC43)c3c(N)ncnc32)O[C@@H]1COP(=O)(O)O[PH](=O)O. The smallest absolute Gasteiger partial charge is 0.450 e. The monoisotopic (exact) mass is 1220 g/mol. The van der Waals surface area contributed by atoms with E-state index in [-0.39, 0.29) is 55.1 Å². The molecule has 0 spiro atoms. The molecule has 24 nitrogen and oxygen atoms in total. The van der Waals surface area contributed by atoms with Crippen molar-refractivity contribution in [3.63, 3.8) is 0 Å². The molecule has 7 atom stereocenters. The second-order valence-electron chi connectivity index (χ2n) is 18.1. The van der Waals surface area contributed by atoms with Gasteiger partial charge in [-0.15, -0.1) is 0 Å². The summed E-state index contributed by atoms with van der Waals surface area (Å²) in [7, 11) is -2.47. The number of rotatable bonds is 34. The standard InChI is InChI=1S/C49H69N7O17P2S4/c1-49(2,16-22-68-47(58)52-18-23-64-25-26-65-24-19-53-48(59)69-29-39-37-14-6-4-12-35(37)36-13-5-7-15-38(36)39)79-78-32-66-20-8-9-21-67-46(57)51-17-10-11-34-28-56(45-43(34)44(50)54-31-55-45)42-27-40(70-33-77-76-3)41(72-42)30-71-75(62,63)73-74(60)61/h4-7,12-14,28,31,38-42,74H,8-9,15-27,29-30,32-33H2,1-3H3,(H,51,57)(H,52,58)(H,53,59)(H,60,61)(H,62,63)(H2,50,54,55)/t38?,39?,40?,41-,42?/m1/s1. The van der Waals surface area contributed by atoms with Crippen LogP contribution in [-0.4, -0.2) is 157 Å². The second kappa shape index (κ2) is 33.8. The summed E-state index contributed by atoms with van der Waals surface area (Å²) in [6, 6.07) is 8.31. The zero-order chi connectivity index (χ0) is 56.5. The van der Waals surface area contributed by atoms with Crippen LogP contribution in [-0.2, 0) is 55.9 Å². The molecule has 2 aromatic heterocycles. The number of nitrogen functional groups attached to an aromatic ring is 1. The molecule has 30 heteroatoms. The molecular formula is C49H69N7O17P2S4. The van der Waals surface area contributed by atoms with Crippen LogP contribution in [0.15, 0.2) is 55.0 Å². The molecule has 436 valence electrons. The Morgan fingerprint density at radius 2 is 1.67 bits per heavy atom. The summed E-state index contributed by atoms with van der Waals surface area (Å²) in [6.45, 7) is 6.69. The van der Waals surface area contributed by atoms with Crippen molar-refractivity contribution in [3.05, 3.63) is 71.7 Å². The summed E-state index contributed by atoms with van der Waals surface area (Å²) >= 11 is 0. The van der Waals surface area contributed by atoms with E-state index in [2.05, 4.69) is 86.3 Å². The molecule has 3 amide bonds. The molecule has 3 heterocycles. The van der Waals surface area contributed by atoms with Gasteiger partial charge in [-0.05, 0) is 68.4 Å². The van der Waals surface area contributed by atoms with E-state index in [1.165, 1.54) is 44.6 Å². The summed E-state index contributed by atoms with van der Waals surface area (Å²) in [6.07, 6.45) is 10.5. The average molecular weight is 1220 g/mol. The Labute approximate surface area is 475 Å². The number of carbonyl (C=O) groups is 3. The lowest BCUT2D eigenvalue weighted by Gasteiger charge is -2.22. The van der Waals surface area contributed by atoms with E-state index in [0.29, 0.717) is 93.9 Å². The lowest BCUT2D eigenvalue weighted by molar-refractivity contribution is -0.0518. The number of phosphoric ester groups is 1. The van der Waals surface area contributed by atoms with Crippen LogP contribution in [0.25, 0.3) is 16.6 Å². The number of ether oxygens (including phenoxy) is 8. The number of benzene rings is 1. The first-order valence-electron chi connectivity index (χ1n) is 25.3. The maximum atomic E-state index is 12.4. The van der Waals surface area contributed by atoms with Gasteiger partial charge in [0.25, 0.3) is 0 Å². The van der Waals surface area contributed by atoms with Gasteiger partial charge in [-0.1, -0.05) is 97.5 Å². The predicted molar refractivity (Wildman–Crippen MR) is 304 cm³/mol. The molecule has 1 saturated heterocycles. The third-order valence-electron chi connectivity index (χ3n) is 12.1. The zero-order valence-corrected chi connectivity index (χ0v) is 49.2. The second-order valence-corrected chi connectivity index (χ2v) is 26.1. The van der Waals surface area contributed by atoms with Crippen molar-refractivity contribution in [2.45, 2.75) is 75.1 Å². The van der Waals surface area contributed by atoms with Crippen molar-refractivity contribution in [2.24, 2.45) is 5.92 Å². The van der Waals surface area contributed by atoms with Gasteiger partial charge in [0.15, 0.2) is 0 Å². The molecule has 3 aromatic rings. The Bertz CT molecular complexity index is 2660. The third kappa shape index (κ3) is 21.7. The topological polar surface area (TPSA) is 311 Å². The van der Waals surface area contributed by atoms with Crippen molar-refractivity contribution >= 4 is 100.0 Å². The van der Waals surface area contributed by atoms with Crippen LogP contribution in [0.2, 0.25) is 0 Å². The summed E-state index contributed by atoms with van der Waals surface area (Å²) < 4.78 is 78.9. The van der Waals surface area contributed by atoms with Gasteiger partial charge in [0.2, 0.25) is 0 Å². The van der Waals surface area contributed by atoms with E-state index in [9.17, 15) is 28.4 Å². The number of nitrogens with one attached hydrogen (secondary N) is 3. The molecule has 6 unspecified atom stereocenters. The number of allylic oxidation sites excluding steroid dienone is 4. The van der Waals surface area contributed by atoms with Gasteiger partial charge < -0.3 is 73.9 Å². The Kier molecular flexibility index (Phi) is 27.5. The largest absolute Gasteiger partial charge is 0.479 e. The molecule has 0 saturated carbocycles. The number of carbonyl (C=O) groups excluding carboxylic acids is 3. The third-order valence-corrected chi connectivity index (χ3v) is 18.7. The van der Waals surface area contributed by atoms with Gasteiger partial charge in [-0.3, -0.25) is 9.09 Å². The van der Waals surface area contributed by atoms with Gasteiger partial charge in [-0.2, -0.15) is 0 Å². The summed E-state index contributed by atoms with van der Waals surface area (Å²) in [5, 5.41) is 8.47. The highest BCUT2D eigenvalue weighted by molar-refractivity contribution is 8.77. The highest BCUT2D eigenvalue weighted by Crippen LogP contribution is 2.52. The van der Waals surface area contributed by atoms with Crippen LogP contribution in [0.4, 0.5) is 20.2 Å². The first kappa shape index (κ1) is 64.2. The lowest BCUT2D eigenvalue weighted by Crippen LogP contribution is -2.30. The van der Waals surface area contributed by atoms with Crippen LogP contribution in [0.5, 0.6) is 0 Å². The molecule has 7 N–H and O–H groups in total. The number of amides is 3. The highest BCUT2D eigenvalue weighted by Gasteiger charge is 2.41. The molecule has 3 aliphatic rings. The van der Waals surface area contributed by atoms with Crippen molar-refractivity contribution < 1.29 is 80.0 Å². The van der Waals surface area contributed by atoms with Crippen LogP contribution < -0.4 is 21.7 Å². The minimum atomic E-state index is -4.84. The van der Waals surface area contributed by atoms with Gasteiger partial charge >= 0.3 is 34.4 Å². The van der Waals surface area contributed by atoms with E-state index in [4.69, 9.17) is 53.0 Å². The fraction of sp³-hybridized carbons (Fsp3) is 0.571. The number of alkyl carbamates (subject to hydrolysis) is 3. The number of anilines is 1. The van der Waals surface area contributed by atoms with E-state index in [0.717, 1.165) is 6.42 Å². The van der Waals surface area contributed by atoms with Gasteiger partial charge in [0, 0.05) is 43.0 Å². The zero-order valence-electron chi connectivity index (χ0n) is 44.0. The normalized spacial score (nSPS) is 19.6. The number of nitrogens with two attached hydrogens (primary N) is 1. The number of aromatic nitrogens is 3. The van der Waals surface area contributed by atoms with Gasteiger partial charge in [0.05, 0.1) is 69.8 Å². The number of hydrogen-bond donors (Lipinski definition) is 6. The van der Waals surface area contributed by atoms with E-state index in [1.807, 2.05) is 18.4 Å². The molecule has 0 radical (unpaired) electrons. The highest BCUT2D eigenvalue weighted by atomic mass is 33.1. The molecule has 1 aliphatic heterocycles. The van der Waals surface area contributed by atoms with Crippen LogP contribution in [0, 0.1) is 17.8 Å². The molecule has 79 heavy (non-hydrogen) atoms. The van der Waals surface area contributed by atoms with Crippen LogP contribution >= 0.6 is 59.3 Å². The Morgan fingerprint density at radius 3 is 2.44 bits per heavy atom. The maximum Gasteiger partial charge on any atom is 0.479 e. The minimum Gasteiger partial charge on any atom is -0.450 e. The Balaban J connectivity index is 0.741. The number of phosphoric acid groups is 1. The fourth-order valence-electron chi connectivity index (χ4n) is 8.42. The predicted octanol–water partition coefficient (Wildman–Crippen LogP) is 7.80. The molecule has 1 aromatic carbocycles. The van der Waals surface area contributed by atoms with Crippen molar-refractivity contribution in [1.82, 2.24) is 30.5 Å². The summed E-state index contributed by atoms with van der Waals surface area (Å²) in [4.78, 5) is 64.2.